The van der Waals surface area contributed by atoms with Crippen molar-refractivity contribution in [3.63, 3.8) is 0 Å². The topological polar surface area (TPSA) is 94.5 Å². The van der Waals surface area contributed by atoms with E-state index in [2.05, 4.69) is 24.1 Å². The van der Waals surface area contributed by atoms with Gasteiger partial charge in [-0.15, -0.1) is 0 Å². The lowest BCUT2D eigenvalue weighted by Gasteiger charge is -2.08. The van der Waals surface area contributed by atoms with E-state index in [-0.39, 0.29) is 12.5 Å². The van der Waals surface area contributed by atoms with E-state index >= 15 is 0 Å². The van der Waals surface area contributed by atoms with Crippen molar-refractivity contribution in [2.45, 2.75) is 26.4 Å². The molecule has 152 valence electrons. The Kier molecular flexibility index (Phi) is 5.34. The fourth-order valence-electron chi connectivity index (χ4n) is 3.28. The van der Waals surface area contributed by atoms with Gasteiger partial charge in [0.1, 0.15) is 29.5 Å². The molecule has 0 aliphatic carbocycles. The van der Waals surface area contributed by atoms with Gasteiger partial charge in [-0.25, -0.2) is 14.8 Å². The van der Waals surface area contributed by atoms with Gasteiger partial charge in [0.25, 0.3) is 0 Å². The molecule has 0 saturated heterocycles. The Bertz CT molecular complexity index is 1170. The van der Waals surface area contributed by atoms with Crippen molar-refractivity contribution in [2.24, 2.45) is 0 Å². The van der Waals surface area contributed by atoms with Gasteiger partial charge in [-0.05, 0) is 17.7 Å². The van der Waals surface area contributed by atoms with Crippen molar-refractivity contribution in [3.05, 3.63) is 78.4 Å². The molecule has 0 atom stereocenters. The minimum atomic E-state index is -0.505. The van der Waals surface area contributed by atoms with Crippen molar-refractivity contribution < 1.29 is 9.53 Å². The number of nitrogen functional groups attached to an aromatic ring is 1. The van der Waals surface area contributed by atoms with E-state index in [1.54, 1.807) is 6.20 Å². The Morgan fingerprint density at radius 3 is 2.57 bits per heavy atom. The van der Waals surface area contributed by atoms with Gasteiger partial charge in [0, 0.05) is 29.6 Å². The maximum Gasteiger partial charge on any atom is 0.411 e. The highest BCUT2D eigenvalue weighted by Gasteiger charge is 2.17. The van der Waals surface area contributed by atoms with Crippen LogP contribution in [-0.4, -0.2) is 20.5 Å². The molecule has 0 unspecified atom stereocenters. The smallest absolute Gasteiger partial charge is 0.411 e. The van der Waals surface area contributed by atoms with E-state index in [0.29, 0.717) is 11.5 Å². The zero-order valence-electron chi connectivity index (χ0n) is 16.9. The minimum Gasteiger partial charge on any atom is -0.444 e. The SMILES string of the molecule is CC(C)c1nc(-c2ccc(NC(=O)OCc3ccccc3)cc2)c2c(N)nccn12. The van der Waals surface area contributed by atoms with E-state index in [4.69, 9.17) is 15.5 Å². The van der Waals surface area contributed by atoms with Crippen molar-refractivity contribution >= 4 is 23.1 Å². The van der Waals surface area contributed by atoms with Crippen LogP contribution < -0.4 is 11.1 Å². The predicted octanol–water partition coefficient (Wildman–Crippen LogP) is 4.85. The largest absolute Gasteiger partial charge is 0.444 e. The number of ether oxygens (including phenoxy) is 1. The number of benzene rings is 2. The van der Waals surface area contributed by atoms with Crippen LogP contribution in [0, 0.1) is 0 Å². The van der Waals surface area contributed by atoms with Crippen molar-refractivity contribution in [1.29, 1.82) is 0 Å². The molecule has 7 nitrogen and oxygen atoms in total. The summed E-state index contributed by atoms with van der Waals surface area (Å²) in [5.74, 6) is 1.58. The average molecular weight is 401 g/mol. The Balaban J connectivity index is 1.52. The molecule has 3 N–H and O–H groups in total. The van der Waals surface area contributed by atoms with Gasteiger partial charge in [0.2, 0.25) is 0 Å². The molecule has 2 heterocycles. The first-order valence-electron chi connectivity index (χ1n) is 9.73. The summed E-state index contributed by atoms with van der Waals surface area (Å²) in [6.45, 7) is 4.39. The molecule has 0 spiro atoms. The fourth-order valence-corrected chi connectivity index (χ4v) is 3.28. The maximum atomic E-state index is 12.1. The van der Waals surface area contributed by atoms with E-state index < -0.39 is 6.09 Å². The van der Waals surface area contributed by atoms with Crippen molar-refractivity contribution in [1.82, 2.24) is 14.4 Å². The highest BCUT2D eigenvalue weighted by Crippen LogP contribution is 2.31. The highest BCUT2D eigenvalue weighted by molar-refractivity contribution is 5.88. The van der Waals surface area contributed by atoms with Crippen LogP contribution in [0.1, 0.15) is 31.2 Å². The number of nitrogens with one attached hydrogen (secondary N) is 1. The molecule has 1 amide bonds. The lowest BCUT2D eigenvalue weighted by Crippen LogP contribution is -2.13. The first-order valence-corrected chi connectivity index (χ1v) is 9.73. The van der Waals surface area contributed by atoms with Gasteiger partial charge < -0.3 is 10.5 Å². The number of imidazole rings is 1. The molecule has 2 aromatic carbocycles. The maximum absolute atomic E-state index is 12.1. The monoisotopic (exact) mass is 401 g/mol. The molecule has 30 heavy (non-hydrogen) atoms. The summed E-state index contributed by atoms with van der Waals surface area (Å²) in [5, 5.41) is 2.74. The van der Waals surface area contributed by atoms with Crippen molar-refractivity contribution in [2.75, 3.05) is 11.1 Å². The van der Waals surface area contributed by atoms with E-state index in [1.807, 2.05) is 65.2 Å². The number of carbonyl (C=O) groups is 1. The van der Waals surface area contributed by atoms with E-state index in [0.717, 1.165) is 28.2 Å². The fraction of sp³-hybridized carbons (Fsp3) is 0.174. The molecule has 0 aliphatic rings. The molecule has 0 aliphatic heterocycles. The molecular formula is C23H23N5O2. The molecule has 0 bridgehead atoms. The summed E-state index contributed by atoms with van der Waals surface area (Å²) in [6.07, 6.45) is 3.04. The van der Waals surface area contributed by atoms with Gasteiger partial charge in [0.05, 0.1) is 0 Å². The van der Waals surface area contributed by atoms with Gasteiger partial charge in [0.15, 0.2) is 0 Å². The second kappa shape index (κ2) is 8.24. The Labute approximate surface area is 174 Å². The highest BCUT2D eigenvalue weighted by atomic mass is 16.5. The number of aromatic nitrogens is 3. The van der Waals surface area contributed by atoms with Crippen LogP contribution in [0.4, 0.5) is 16.3 Å². The van der Waals surface area contributed by atoms with Gasteiger partial charge in [-0.2, -0.15) is 0 Å². The quantitative estimate of drug-likeness (QED) is 0.498. The molecule has 0 fully saturated rings. The number of fused-ring (bicyclic) bond motifs is 1. The Morgan fingerprint density at radius 1 is 1.13 bits per heavy atom. The number of nitrogens with zero attached hydrogens (tertiary/aromatic N) is 3. The number of carbonyl (C=O) groups excluding carboxylic acids is 1. The van der Waals surface area contributed by atoms with Crippen LogP contribution in [0.25, 0.3) is 16.8 Å². The molecule has 4 rings (SSSR count). The van der Waals surface area contributed by atoms with E-state index in [1.165, 1.54) is 0 Å². The standard InChI is InChI=1S/C23H23N5O2/c1-15(2)22-27-19(20-21(24)25-12-13-28(20)22)17-8-10-18(11-9-17)26-23(29)30-14-16-6-4-3-5-7-16/h3-13,15H,14H2,1-2H3,(H2,24,25)(H,26,29). The second-order valence-corrected chi connectivity index (χ2v) is 7.27. The Morgan fingerprint density at radius 2 is 1.87 bits per heavy atom. The Hall–Kier alpha value is -3.87. The number of rotatable bonds is 5. The third kappa shape index (κ3) is 3.96. The number of hydrogen-bond acceptors (Lipinski definition) is 5. The van der Waals surface area contributed by atoms with Crippen molar-refractivity contribution in [3.8, 4) is 11.3 Å². The summed E-state index contributed by atoms with van der Waals surface area (Å²) in [4.78, 5) is 21.1. The summed E-state index contributed by atoms with van der Waals surface area (Å²) in [6, 6.07) is 17.0. The number of hydrogen-bond donors (Lipinski definition) is 2. The van der Waals surface area contributed by atoms with Crippen LogP contribution in [0.5, 0.6) is 0 Å². The second-order valence-electron chi connectivity index (χ2n) is 7.27. The average Bonchev–Trinajstić information content (AvgIpc) is 3.15. The normalized spacial score (nSPS) is 11.0. The van der Waals surface area contributed by atoms with Crippen LogP contribution in [0.2, 0.25) is 0 Å². The first kappa shape index (κ1) is 19.4. The zero-order valence-corrected chi connectivity index (χ0v) is 16.9. The summed E-state index contributed by atoms with van der Waals surface area (Å²) < 4.78 is 7.24. The van der Waals surface area contributed by atoms with Gasteiger partial charge in [-0.1, -0.05) is 56.3 Å². The van der Waals surface area contributed by atoms with Crippen LogP contribution in [0.3, 0.4) is 0 Å². The molecular weight excluding hydrogens is 378 g/mol. The first-order chi connectivity index (χ1) is 14.5. The van der Waals surface area contributed by atoms with E-state index in [9.17, 15) is 4.79 Å². The molecule has 0 radical (unpaired) electrons. The summed E-state index contributed by atoms with van der Waals surface area (Å²) >= 11 is 0. The molecule has 2 aromatic heterocycles. The number of amides is 1. The van der Waals surface area contributed by atoms with Crippen LogP contribution in [-0.2, 0) is 11.3 Å². The number of anilines is 2. The lowest BCUT2D eigenvalue weighted by atomic mass is 10.1. The number of nitrogens with two attached hydrogens (primary N) is 1. The van der Waals surface area contributed by atoms with Gasteiger partial charge in [-0.3, -0.25) is 9.72 Å². The third-order valence-corrected chi connectivity index (χ3v) is 4.74. The predicted molar refractivity (Wildman–Crippen MR) is 117 cm³/mol. The summed E-state index contributed by atoms with van der Waals surface area (Å²) in [7, 11) is 0. The zero-order chi connectivity index (χ0) is 21.1. The molecule has 0 saturated carbocycles. The molecule has 7 heteroatoms. The lowest BCUT2D eigenvalue weighted by molar-refractivity contribution is 0.155. The third-order valence-electron chi connectivity index (χ3n) is 4.74. The minimum absolute atomic E-state index is 0.218. The molecule has 4 aromatic rings. The summed E-state index contributed by atoms with van der Waals surface area (Å²) in [5.41, 5.74) is 10.1. The van der Waals surface area contributed by atoms with Crippen LogP contribution >= 0.6 is 0 Å². The van der Waals surface area contributed by atoms with Crippen LogP contribution in [0.15, 0.2) is 67.0 Å². The van der Waals surface area contributed by atoms with Gasteiger partial charge >= 0.3 is 6.09 Å².